The predicted molar refractivity (Wildman–Crippen MR) is 91.6 cm³/mol. The van der Waals surface area contributed by atoms with Gasteiger partial charge >= 0.3 is 0 Å². The second-order valence-corrected chi connectivity index (χ2v) is 6.71. The largest absolute Gasteiger partial charge is 0.302 e. The van der Waals surface area contributed by atoms with Gasteiger partial charge in [0, 0.05) is 21.5 Å². The molecule has 0 radical (unpaired) electrons. The minimum absolute atomic E-state index is 0.0745. The number of carbonyl (C=O) groups is 1. The first kappa shape index (κ1) is 17.5. The number of Topliss-reactive ketones (excluding diaryl/α,β-unsaturated/α-hetero) is 1. The van der Waals surface area contributed by atoms with E-state index in [1.54, 1.807) is 55.4 Å². The van der Waals surface area contributed by atoms with Crippen LogP contribution in [0.2, 0.25) is 5.02 Å². The van der Waals surface area contributed by atoms with Crippen LogP contribution < -0.4 is 0 Å². The van der Waals surface area contributed by atoms with Gasteiger partial charge in [0.05, 0.1) is 16.4 Å². The number of carbonyl (C=O) groups excluding carboxylic acids is 1. The molecule has 0 heterocycles. The molecule has 120 valence electrons. The van der Waals surface area contributed by atoms with Crippen LogP contribution in [0.3, 0.4) is 0 Å². The Bertz CT molecular complexity index is 733. The number of ketones is 1. The van der Waals surface area contributed by atoms with Gasteiger partial charge in [-0.05, 0) is 50.5 Å². The van der Waals surface area contributed by atoms with Gasteiger partial charge < -0.3 is 4.90 Å². The molecule has 0 unspecified atom stereocenters. The van der Waals surface area contributed by atoms with Crippen molar-refractivity contribution in [2.75, 3.05) is 20.6 Å². The Labute approximate surface area is 143 Å². The van der Waals surface area contributed by atoms with Crippen LogP contribution in [0, 0.1) is 10.1 Å². The molecule has 0 aliphatic rings. The molecule has 0 aliphatic carbocycles. The molecule has 2 aromatic rings. The van der Waals surface area contributed by atoms with Crippen molar-refractivity contribution in [3.63, 3.8) is 0 Å². The third-order valence-electron chi connectivity index (χ3n) is 2.98. The average molecular weight is 351 g/mol. The van der Waals surface area contributed by atoms with Crippen molar-refractivity contribution < 1.29 is 9.72 Å². The summed E-state index contributed by atoms with van der Waals surface area (Å²) < 4.78 is 0. The van der Waals surface area contributed by atoms with Gasteiger partial charge in [-0.1, -0.05) is 23.4 Å². The predicted octanol–water partition coefficient (Wildman–Crippen LogP) is 4.14. The lowest BCUT2D eigenvalue weighted by molar-refractivity contribution is -0.387. The molecule has 0 spiro atoms. The number of nitrogens with zero attached hydrogens (tertiary/aromatic N) is 2. The second-order valence-electron chi connectivity index (χ2n) is 5.16. The fourth-order valence-corrected chi connectivity index (χ4v) is 2.95. The molecule has 0 N–H and O–H groups in total. The first-order chi connectivity index (χ1) is 10.9. The second kappa shape index (κ2) is 7.59. The van der Waals surface area contributed by atoms with Crippen LogP contribution in [0.15, 0.2) is 52.3 Å². The van der Waals surface area contributed by atoms with Crippen molar-refractivity contribution in [1.82, 2.24) is 4.90 Å². The number of rotatable bonds is 6. The molecule has 0 saturated carbocycles. The molecule has 0 atom stereocenters. The fourth-order valence-electron chi connectivity index (χ4n) is 1.93. The molecule has 0 fully saturated rings. The summed E-state index contributed by atoms with van der Waals surface area (Å²) in [6.45, 7) is 0.209. The van der Waals surface area contributed by atoms with Crippen molar-refractivity contribution in [2.24, 2.45) is 0 Å². The zero-order valence-electron chi connectivity index (χ0n) is 12.7. The molecule has 0 saturated heterocycles. The highest BCUT2D eigenvalue weighted by Gasteiger charge is 2.18. The van der Waals surface area contributed by atoms with Crippen molar-refractivity contribution in [3.05, 3.63) is 63.2 Å². The Morgan fingerprint density at radius 2 is 1.87 bits per heavy atom. The van der Waals surface area contributed by atoms with Gasteiger partial charge in [0.25, 0.3) is 5.69 Å². The lowest BCUT2D eigenvalue weighted by Crippen LogP contribution is -2.21. The van der Waals surface area contributed by atoms with Gasteiger partial charge in [-0.25, -0.2) is 0 Å². The molecule has 7 heteroatoms. The van der Waals surface area contributed by atoms with E-state index in [0.29, 0.717) is 15.5 Å². The van der Waals surface area contributed by atoms with E-state index in [1.807, 2.05) is 0 Å². The Morgan fingerprint density at radius 3 is 2.43 bits per heavy atom. The van der Waals surface area contributed by atoms with Crippen LogP contribution >= 0.6 is 23.4 Å². The molecule has 23 heavy (non-hydrogen) atoms. The summed E-state index contributed by atoms with van der Waals surface area (Å²) >= 11 is 7.10. The Morgan fingerprint density at radius 1 is 1.22 bits per heavy atom. The van der Waals surface area contributed by atoms with Crippen LogP contribution in [0.1, 0.15) is 10.4 Å². The number of benzene rings is 2. The molecule has 0 bridgehead atoms. The molecule has 2 aromatic carbocycles. The Balaban J connectivity index is 2.31. The fraction of sp³-hybridized carbons (Fsp3) is 0.188. The van der Waals surface area contributed by atoms with Gasteiger partial charge in [-0.3, -0.25) is 14.9 Å². The molecular formula is C16H15ClN2O3S. The number of nitro benzene ring substituents is 1. The maximum Gasteiger partial charge on any atom is 0.283 e. The summed E-state index contributed by atoms with van der Waals surface area (Å²) in [6, 6.07) is 11.6. The van der Waals surface area contributed by atoms with E-state index < -0.39 is 4.92 Å². The lowest BCUT2D eigenvalue weighted by atomic mass is 10.1. The standard InChI is InChI=1S/C16H15ClN2O3S/c1-18(2)10-15(20)11-3-8-16(14(9-11)19(21)22)23-13-6-4-12(17)5-7-13/h3-9H,10H2,1-2H3. The molecule has 0 amide bonds. The third kappa shape index (κ3) is 4.79. The first-order valence-corrected chi connectivity index (χ1v) is 7.96. The summed E-state index contributed by atoms with van der Waals surface area (Å²) in [6.07, 6.45) is 0. The molecular weight excluding hydrogens is 336 g/mol. The van der Waals surface area contributed by atoms with E-state index in [-0.39, 0.29) is 18.0 Å². The van der Waals surface area contributed by atoms with Gasteiger partial charge in [-0.2, -0.15) is 0 Å². The quantitative estimate of drug-likeness (QED) is 0.445. The highest BCUT2D eigenvalue weighted by molar-refractivity contribution is 7.99. The van der Waals surface area contributed by atoms with Crippen molar-refractivity contribution in [3.8, 4) is 0 Å². The van der Waals surface area contributed by atoms with Crippen LogP contribution in [-0.4, -0.2) is 36.2 Å². The molecule has 5 nitrogen and oxygen atoms in total. The van der Waals surface area contributed by atoms with Crippen LogP contribution in [0.25, 0.3) is 0 Å². The van der Waals surface area contributed by atoms with Gasteiger partial charge in [0.15, 0.2) is 5.78 Å². The van der Waals surface area contributed by atoms with Gasteiger partial charge in [0.2, 0.25) is 0 Å². The molecule has 0 aliphatic heterocycles. The number of nitro groups is 1. The minimum Gasteiger partial charge on any atom is -0.302 e. The molecule has 0 aromatic heterocycles. The Hall–Kier alpha value is -1.89. The monoisotopic (exact) mass is 350 g/mol. The number of hydrogen-bond donors (Lipinski definition) is 0. The SMILES string of the molecule is CN(C)CC(=O)c1ccc(Sc2ccc(Cl)cc2)c([N+](=O)[O-])c1. The zero-order chi connectivity index (χ0) is 17.0. The van der Waals surface area contributed by atoms with Gasteiger partial charge in [-0.15, -0.1) is 0 Å². The summed E-state index contributed by atoms with van der Waals surface area (Å²) in [5.74, 6) is -0.152. The smallest absolute Gasteiger partial charge is 0.283 e. The third-order valence-corrected chi connectivity index (χ3v) is 4.30. The molecule has 2 rings (SSSR count). The van der Waals surface area contributed by atoms with Crippen LogP contribution in [-0.2, 0) is 0 Å². The average Bonchev–Trinajstić information content (AvgIpc) is 2.49. The lowest BCUT2D eigenvalue weighted by Gasteiger charge is -2.09. The van der Waals surface area contributed by atoms with E-state index in [1.165, 1.54) is 17.8 Å². The van der Waals surface area contributed by atoms with E-state index >= 15 is 0 Å². The topological polar surface area (TPSA) is 63.5 Å². The highest BCUT2D eigenvalue weighted by atomic mass is 35.5. The number of likely N-dealkylation sites (N-methyl/N-ethyl adjacent to an activating group) is 1. The first-order valence-electron chi connectivity index (χ1n) is 6.76. The van der Waals surface area contributed by atoms with Crippen molar-refractivity contribution in [2.45, 2.75) is 9.79 Å². The maximum absolute atomic E-state index is 12.1. The number of halogens is 1. The minimum atomic E-state index is -0.468. The van der Waals surface area contributed by atoms with Crippen LogP contribution in [0.5, 0.6) is 0 Å². The van der Waals surface area contributed by atoms with E-state index in [2.05, 4.69) is 0 Å². The van der Waals surface area contributed by atoms with E-state index in [0.717, 1.165) is 4.90 Å². The van der Waals surface area contributed by atoms with Crippen LogP contribution in [0.4, 0.5) is 5.69 Å². The van der Waals surface area contributed by atoms with Crippen molar-refractivity contribution in [1.29, 1.82) is 0 Å². The normalized spacial score (nSPS) is 10.8. The summed E-state index contributed by atoms with van der Waals surface area (Å²) in [4.78, 5) is 25.9. The summed E-state index contributed by atoms with van der Waals surface area (Å²) in [5, 5.41) is 11.9. The summed E-state index contributed by atoms with van der Waals surface area (Å²) in [5.41, 5.74) is 0.264. The Kier molecular flexibility index (Phi) is 5.76. The van der Waals surface area contributed by atoms with E-state index in [4.69, 9.17) is 11.6 Å². The van der Waals surface area contributed by atoms with Gasteiger partial charge in [0.1, 0.15) is 0 Å². The highest BCUT2D eigenvalue weighted by Crippen LogP contribution is 2.35. The maximum atomic E-state index is 12.1. The zero-order valence-corrected chi connectivity index (χ0v) is 14.2. The van der Waals surface area contributed by atoms with E-state index in [9.17, 15) is 14.9 Å². The number of hydrogen-bond acceptors (Lipinski definition) is 5. The van der Waals surface area contributed by atoms with Crippen molar-refractivity contribution >= 4 is 34.8 Å². The summed E-state index contributed by atoms with van der Waals surface area (Å²) in [7, 11) is 3.55.